The molecule has 24 heavy (non-hydrogen) atoms. The predicted octanol–water partition coefficient (Wildman–Crippen LogP) is 3.51. The van der Waals surface area contributed by atoms with Crippen molar-refractivity contribution in [3.05, 3.63) is 53.0 Å². The third-order valence-corrected chi connectivity index (χ3v) is 3.09. The fourth-order valence-electron chi connectivity index (χ4n) is 2.15. The largest absolute Gasteiger partial charge is 0.470 e. The minimum atomic E-state index is -0.619. The Balaban J connectivity index is 2.07. The van der Waals surface area contributed by atoms with E-state index in [1.54, 1.807) is 38.2 Å². The lowest BCUT2D eigenvalue weighted by molar-refractivity contribution is -0.387. The molecule has 0 spiro atoms. The van der Waals surface area contributed by atoms with Gasteiger partial charge in [0.2, 0.25) is 0 Å². The fourth-order valence-corrected chi connectivity index (χ4v) is 2.15. The predicted molar refractivity (Wildman–Crippen MR) is 86.3 cm³/mol. The summed E-state index contributed by atoms with van der Waals surface area (Å²) < 4.78 is 11.1. The Morgan fingerprint density at radius 1 is 1.08 bits per heavy atom. The Hall–Kier alpha value is -3.29. The van der Waals surface area contributed by atoms with Crippen LogP contribution in [0.1, 0.15) is 13.8 Å². The second kappa shape index (κ2) is 6.45. The van der Waals surface area contributed by atoms with Crippen molar-refractivity contribution in [1.82, 2.24) is 15.0 Å². The normalized spacial score (nSPS) is 10.8. The van der Waals surface area contributed by atoms with Crippen molar-refractivity contribution in [3.8, 4) is 17.5 Å². The highest BCUT2D eigenvalue weighted by atomic mass is 16.6. The Morgan fingerprint density at radius 2 is 1.83 bits per heavy atom. The summed E-state index contributed by atoms with van der Waals surface area (Å²) in [4.78, 5) is 22.8. The molecule has 0 saturated carbocycles. The first-order valence-electron chi connectivity index (χ1n) is 7.24. The molecule has 0 saturated heterocycles. The molecule has 0 aliphatic rings. The zero-order valence-electron chi connectivity index (χ0n) is 13.0. The first kappa shape index (κ1) is 15.6. The molecule has 122 valence electrons. The topological polar surface area (TPSA) is 100 Å². The van der Waals surface area contributed by atoms with Gasteiger partial charge in [-0.25, -0.2) is 0 Å². The number of aromatic nitrogens is 3. The van der Waals surface area contributed by atoms with Crippen molar-refractivity contribution in [2.45, 2.75) is 20.0 Å². The lowest BCUT2D eigenvalue weighted by atomic mass is 10.2. The molecule has 3 rings (SSSR count). The van der Waals surface area contributed by atoms with Crippen LogP contribution in [0.5, 0.6) is 17.5 Å². The van der Waals surface area contributed by atoms with Gasteiger partial charge in [-0.15, -0.1) is 0 Å². The molecule has 0 bridgehead atoms. The van der Waals surface area contributed by atoms with Gasteiger partial charge >= 0.3 is 17.4 Å². The monoisotopic (exact) mass is 326 g/mol. The molecular formula is C16H14N4O4. The molecule has 0 radical (unpaired) electrons. The highest BCUT2D eigenvalue weighted by molar-refractivity contribution is 5.84. The van der Waals surface area contributed by atoms with Gasteiger partial charge in [-0.3, -0.25) is 15.1 Å². The SMILES string of the molecule is CC(C)Oc1ncnc(Oc2cccc3cccnc23)c1[N+](=O)[O-]. The molecular weight excluding hydrogens is 312 g/mol. The number of para-hydroxylation sites is 1. The van der Waals surface area contributed by atoms with E-state index in [0.29, 0.717) is 11.3 Å². The number of nitrogens with zero attached hydrogens (tertiary/aromatic N) is 4. The number of nitro groups is 1. The fraction of sp³-hybridized carbons (Fsp3) is 0.188. The van der Waals surface area contributed by atoms with Gasteiger partial charge in [0.1, 0.15) is 11.8 Å². The molecule has 0 aliphatic carbocycles. The van der Waals surface area contributed by atoms with E-state index < -0.39 is 10.6 Å². The smallest absolute Gasteiger partial charge is 0.392 e. The molecule has 3 aromatic rings. The Bertz CT molecular complexity index is 893. The minimum Gasteiger partial charge on any atom is -0.470 e. The molecule has 1 aromatic carbocycles. The van der Waals surface area contributed by atoms with Gasteiger partial charge in [-0.2, -0.15) is 9.97 Å². The summed E-state index contributed by atoms with van der Waals surface area (Å²) in [7, 11) is 0. The number of fused-ring (bicyclic) bond motifs is 1. The van der Waals surface area contributed by atoms with E-state index in [0.717, 1.165) is 5.39 Å². The van der Waals surface area contributed by atoms with E-state index in [9.17, 15) is 10.1 Å². The van der Waals surface area contributed by atoms with Crippen molar-refractivity contribution in [2.24, 2.45) is 0 Å². The first-order chi connectivity index (χ1) is 11.6. The Kier molecular flexibility index (Phi) is 4.19. The summed E-state index contributed by atoms with van der Waals surface area (Å²) in [6.45, 7) is 3.50. The van der Waals surface area contributed by atoms with Gasteiger partial charge in [-0.05, 0) is 26.0 Å². The Morgan fingerprint density at radius 3 is 2.58 bits per heavy atom. The highest BCUT2D eigenvalue weighted by Gasteiger charge is 2.27. The lowest BCUT2D eigenvalue weighted by Crippen LogP contribution is -2.10. The van der Waals surface area contributed by atoms with Crippen LogP contribution in [0.25, 0.3) is 10.9 Å². The zero-order valence-corrected chi connectivity index (χ0v) is 13.0. The number of ether oxygens (including phenoxy) is 2. The number of benzene rings is 1. The van der Waals surface area contributed by atoms with E-state index in [2.05, 4.69) is 15.0 Å². The molecule has 0 unspecified atom stereocenters. The van der Waals surface area contributed by atoms with E-state index >= 15 is 0 Å². The van der Waals surface area contributed by atoms with Crippen molar-refractivity contribution < 1.29 is 14.4 Å². The molecule has 2 heterocycles. The van der Waals surface area contributed by atoms with Crippen molar-refractivity contribution in [2.75, 3.05) is 0 Å². The summed E-state index contributed by atoms with van der Waals surface area (Å²) >= 11 is 0. The molecule has 8 heteroatoms. The lowest BCUT2D eigenvalue weighted by Gasteiger charge is -2.11. The van der Waals surface area contributed by atoms with Gasteiger partial charge in [0.05, 0.1) is 11.0 Å². The van der Waals surface area contributed by atoms with E-state index in [1.165, 1.54) is 6.33 Å². The average Bonchev–Trinajstić information content (AvgIpc) is 2.54. The van der Waals surface area contributed by atoms with Crippen LogP contribution < -0.4 is 9.47 Å². The van der Waals surface area contributed by atoms with Crippen LogP contribution in [0.2, 0.25) is 0 Å². The van der Waals surface area contributed by atoms with Gasteiger partial charge in [-0.1, -0.05) is 18.2 Å². The van der Waals surface area contributed by atoms with E-state index in [4.69, 9.17) is 9.47 Å². The van der Waals surface area contributed by atoms with Gasteiger partial charge in [0.25, 0.3) is 0 Å². The molecule has 0 fully saturated rings. The molecule has 8 nitrogen and oxygen atoms in total. The maximum Gasteiger partial charge on any atom is 0.392 e. The van der Waals surface area contributed by atoms with Crippen LogP contribution in [-0.4, -0.2) is 26.0 Å². The number of hydrogen-bond donors (Lipinski definition) is 0. The average molecular weight is 326 g/mol. The van der Waals surface area contributed by atoms with Gasteiger partial charge in [0, 0.05) is 11.6 Å². The van der Waals surface area contributed by atoms with Crippen LogP contribution in [0.3, 0.4) is 0 Å². The van der Waals surface area contributed by atoms with Crippen molar-refractivity contribution in [3.63, 3.8) is 0 Å². The Labute approximate surface area is 137 Å². The van der Waals surface area contributed by atoms with Crippen LogP contribution in [0.15, 0.2) is 42.9 Å². The minimum absolute atomic E-state index is 0.131. The number of hydrogen-bond acceptors (Lipinski definition) is 7. The second-order valence-corrected chi connectivity index (χ2v) is 5.19. The highest BCUT2D eigenvalue weighted by Crippen LogP contribution is 2.37. The van der Waals surface area contributed by atoms with Crippen LogP contribution >= 0.6 is 0 Å². The molecule has 2 aromatic heterocycles. The van der Waals surface area contributed by atoms with Gasteiger partial charge in [0.15, 0.2) is 5.75 Å². The summed E-state index contributed by atoms with van der Waals surface area (Å²) in [5.41, 5.74) is 0.165. The standard InChI is InChI=1S/C16H14N4O4/c1-10(2)23-15-14(20(21)22)16(19-9-18-15)24-12-7-3-5-11-6-4-8-17-13(11)12/h3-10H,1-2H3. The number of rotatable bonds is 5. The molecule has 0 atom stereocenters. The second-order valence-electron chi connectivity index (χ2n) is 5.19. The van der Waals surface area contributed by atoms with E-state index in [1.807, 2.05) is 12.1 Å². The summed E-state index contributed by atoms with van der Waals surface area (Å²) in [6.07, 6.45) is 2.51. The maximum absolute atomic E-state index is 11.4. The molecule has 0 aliphatic heterocycles. The number of pyridine rings is 1. The maximum atomic E-state index is 11.4. The van der Waals surface area contributed by atoms with Crippen molar-refractivity contribution in [1.29, 1.82) is 0 Å². The quantitative estimate of drug-likeness (QED) is 0.522. The molecule has 0 amide bonds. The summed E-state index contributed by atoms with van der Waals surface area (Å²) in [5.74, 6) is 0.0439. The summed E-state index contributed by atoms with van der Waals surface area (Å²) in [6, 6.07) is 8.99. The first-order valence-corrected chi connectivity index (χ1v) is 7.24. The van der Waals surface area contributed by atoms with Crippen LogP contribution in [0.4, 0.5) is 5.69 Å². The van der Waals surface area contributed by atoms with Crippen LogP contribution in [0, 0.1) is 10.1 Å². The van der Waals surface area contributed by atoms with E-state index in [-0.39, 0.29) is 17.9 Å². The summed E-state index contributed by atoms with van der Waals surface area (Å²) in [5, 5.41) is 12.3. The molecule has 0 N–H and O–H groups in total. The third kappa shape index (κ3) is 3.07. The van der Waals surface area contributed by atoms with Gasteiger partial charge < -0.3 is 9.47 Å². The van der Waals surface area contributed by atoms with Crippen molar-refractivity contribution >= 4 is 16.6 Å². The third-order valence-electron chi connectivity index (χ3n) is 3.09. The van der Waals surface area contributed by atoms with Crippen LogP contribution in [-0.2, 0) is 0 Å². The zero-order chi connectivity index (χ0) is 17.1.